The van der Waals surface area contributed by atoms with Crippen molar-refractivity contribution in [3.8, 4) is 6.07 Å². The van der Waals surface area contributed by atoms with E-state index in [1.165, 1.54) is 6.07 Å². The second kappa shape index (κ2) is 4.69. The SMILES string of the molecule is N#CCS(=O)(=O)c1cc(Cl)cc(C(=O)O)c1F. The quantitative estimate of drug-likeness (QED) is 0.903. The number of nitrogens with zero attached hydrogens (tertiary/aromatic N) is 1. The summed E-state index contributed by atoms with van der Waals surface area (Å²) >= 11 is 5.49. The molecule has 17 heavy (non-hydrogen) atoms. The molecular formula is C9H5ClFNO4S. The molecule has 8 heteroatoms. The lowest BCUT2D eigenvalue weighted by atomic mass is 10.2. The third kappa shape index (κ3) is 2.72. The van der Waals surface area contributed by atoms with Crippen molar-refractivity contribution in [2.45, 2.75) is 4.90 Å². The molecule has 1 aromatic rings. The molecule has 0 heterocycles. The Bertz CT molecular complexity index is 621. The van der Waals surface area contributed by atoms with Crippen LogP contribution < -0.4 is 0 Å². The molecule has 0 aliphatic heterocycles. The number of carboxylic acid groups (broad SMARTS) is 1. The van der Waals surface area contributed by atoms with Crippen molar-refractivity contribution in [1.82, 2.24) is 0 Å². The second-order valence-corrected chi connectivity index (χ2v) is 5.38. The van der Waals surface area contributed by atoms with Gasteiger partial charge in [-0.2, -0.15) is 5.26 Å². The van der Waals surface area contributed by atoms with Gasteiger partial charge in [0.25, 0.3) is 0 Å². The zero-order chi connectivity index (χ0) is 13.2. The standard InChI is InChI=1S/C9H5ClFNO4S/c10-5-3-6(9(13)14)8(11)7(4-5)17(15,16)2-1-12/h3-4H,2H2,(H,13,14). The van der Waals surface area contributed by atoms with E-state index < -0.39 is 37.8 Å². The molecule has 0 saturated heterocycles. The number of nitriles is 1. The number of benzene rings is 1. The van der Waals surface area contributed by atoms with E-state index in [1.807, 2.05) is 0 Å². The minimum Gasteiger partial charge on any atom is -0.478 e. The molecule has 5 nitrogen and oxygen atoms in total. The van der Waals surface area contributed by atoms with Crippen LogP contribution in [0.15, 0.2) is 17.0 Å². The molecule has 0 amide bonds. The molecule has 0 aromatic heterocycles. The normalized spacial score (nSPS) is 10.9. The fourth-order valence-electron chi connectivity index (χ4n) is 1.11. The molecular weight excluding hydrogens is 273 g/mol. The third-order valence-corrected chi connectivity index (χ3v) is 3.52. The van der Waals surface area contributed by atoms with Crippen LogP contribution in [-0.4, -0.2) is 25.2 Å². The van der Waals surface area contributed by atoms with Crippen molar-refractivity contribution in [1.29, 1.82) is 5.26 Å². The van der Waals surface area contributed by atoms with Crippen LogP contribution in [0.3, 0.4) is 0 Å². The first-order valence-corrected chi connectivity index (χ1v) is 6.14. The maximum atomic E-state index is 13.6. The van der Waals surface area contributed by atoms with Gasteiger partial charge >= 0.3 is 5.97 Å². The number of aromatic carboxylic acids is 1. The lowest BCUT2D eigenvalue weighted by molar-refractivity contribution is 0.0691. The summed E-state index contributed by atoms with van der Waals surface area (Å²) in [4.78, 5) is 9.77. The summed E-state index contributed by atoms with van der Waals surface area (Å²) in [5, 5.41) is 16.7. The van der Waals surface area contributed by atoms with Gasteiger partial charge in [0.05, 0.1) is 11.6 Å². The third-order valence-electron chi connectivity index (χ3n) is 1.82. The number of rotatable bonds is 3. The van der Waals surface area contributed by atoms with Gasteiger partial charge in [-0.25, -0.2) is 17.6 Å². The van der Waals surface area contributed by atoms with E-state index >= 15 is 0 Å². The summed E-state index contributed by atoms with van der Waals surface area (Å²) in [5.74, 6) is -4.01. The molecule has 0 unspecified atom stereocenters. The van der Waals surface area contributed by atoms with Crippen molar-refractivity contribution in [3.63, 3.8) is 0 Å². The van der Waals surface area contributed by atoms with Gasteiger partial charge in [-0.05, 0) is 12.1 Å². The molecule has 0 bridgehead atoms. The Hall–Kier alpha value is -1.65. The van der Waals surface area contributed by atoms with Crippen LogP contribution >= 0.6 is 11.6 Å². The summed E-state index contributed by atoms with van der Waals surface area (Å²) < 4.78 is 36.5. The van der Waals surface area contributed by atoms with Gasteiger partial charge in [-0.15, -0.1) is 0 Å². The molecule has 0 fully saturated rings. The van der Waals surface area contributed by atoms with E-state index in [1.54, 1.807) is 0 Å². The average molecular weight is 278 g/mol. The average Bonchev–Trinajstić information content (AvgIpc) is 2.20. The Morgan fingerprint density at radius 3 is 2.59 bits per heavy atom. The van der Waals surface area contributed by atoms with Crippen LogP contribution in [-0.2, 0) is 9.84 Å². The number of hydrogen-bond donors (Lipinski definition) is 1. The number of carbonyl (C=O) groups is 1. The van der Waals surface area contributed by atoms with E-state index in [-0.39, 0.29) is 5.02 Å². The van der Waals surface area contributed by atoms with Gasteiger partial charge in [-0.1, -0.05) is 11.6 Å². The van der Waals surface area contributed by atoms with Crippen molar-refractivity contribution in [2.24, 2.45) is 0 Å². The molecule has 0 saturated carbocycles. The van der Waals surface area contributed by atoms with Crippen LogP contribution in [0, 0.1) is 17.1 Å². The lowest BCUT2D eigenvalue weighted by Gasteiger charge is -2.05. The number of sulfone groups is 1. The van der Waals surface area contributed by atoms with Crippen molar-refractivity contribution in [2.75, 3.05) is 5.75 Å². The summed E-state index contributed by atoms with van der Waals surface area (Å²) in [7, 11) is -4.20. The minimum absolute atomic E-state index is 0.236. The fraction of sp³-hybridized carbons (Fsp3) is 0.111. The summed E-state index contributed by atoms with van der Waals surface area (Å²) in [6.45, 7) is 0. The van der Waals surface area contributed by atoms with Gasteiger partial charge in [0.2, 0.25) is 0 Å². The number of carboxylic acids is 1. The van der Waals surface area contributed by atoms with E-state index in [4.69, 9.17) is 22.0 Å². The summed E-state index contributed by atoms with van der Waals surface area (Å²) in [6.07, 6.45) is 0. The van der Waals surface area contributed by atoms with Gasteiger partial charge in [0.15, 0.2) is 15.7 Å². The van der Waals surface area contributed by atoms with E-state index in [2.05, 4.69) is 0 Å². The zero-order valence-electron chi connectivity index (χ0n) is 8.15. The Morgan fingerprint density at radius 2 is 2.12 bits per heavy atom. The Kier molecular flexibility index (Phi) is 3.70. The largest absolute Gasteiger partial charge is 0.478 e. The van der Waals surface area contributed by atoms with Crippen LogP contribution in [0.2, 0.25) is 5.02 Å². The number of hydrogen-bond acceptors (Lipinski definition) is 4. The Balaban J connectivity index is 3.57. The van der Waals surface area contributed by atoms with Gasteiger partial charge in [0.1, 0.15) is 10.6 Å². The molecule has 0 aliphatic rings. The number of halogens is 2. The van der Waals surface area contributed by atoms with Crippen LogP contribution in [0.1, 0.15) is 10.4 Å². The Morgan fingerprint density at radius 1 is 1.53 bits per heavy atom. The maximum Gasteiger partial charge on any atom is 0.338 e. The maximum absolute atomic E-state index is 13.6. The molecule has 0 atom stereocenters. The molecule has 0 aliphatic carbocycles. The van der Waals surface area contributed by atoms with E-state index in [0.29, 0.717) is 0 Å². The summed E-state index contributed by atoms with van der Waals surface area (Å²) in [6, 6.07) is 2.93. The molecule has 0 spiro atoms. The molecule has 1 N–H and O–H groups in total. The second-order valence-electron chi connectivity index (χ2n) is 2.99. The van der Waals surface area contributed by atoms with Crippen molar-refractivity contribution >= 4 is 27.4 Å². The predicted molar refractivity (Wildman–Crippen MR) is 56.0 cm³/mol. The fourth-order valence-corrected chi connectivity index (χ4v) is 2.41. The molecule has 1 rings (SSSR count). The Labute approximate surface area is 101 Å². The highest BCUT2D eigenvalue weighted by atomic mass is 35.5. The van der Waals surface area contributed by atoms with E-state index in [0.717, 1.165) is 12.1 Å². The molecule has 90 valence electrons. The van der Waals surface area contributed by atoms with E-state index in [9.17, 15) is 17.6 Å². The smallest absolute Gasteiger partial charge is 0.338 e. The highest BCUT2D eigenvalue weighted by Gasteiger charge is 2.24. The first-order valence-electron chi connectivity index (χ1n) is 4.11. The molecule has 1 aromatic carbocycles. The summed E-state index contributed by atoms with van der Waals surface area (Å²) in [5.41, 5.74) is -0.853. The van der Waals surface area contributed by atoms with Gasteiger partial charge in [0, 0.05) is 5.02 Å². The highest BCUT2D eigenvalue weighted by molar-refractivity contribution is 7.91. The van der Waals surface area contributed by atoms with Crippen molar-refractivity contribution in [3.05, 3.63) is 28.5 Å². The zero-order valence-corrected chi connectivity index (χ0v) is 9.72. The predicted octanol–water partition coefficient (Wildman–Crippen LogP) is 1.47. The van der Waals surface area contributed by atoms with Gasteiger partial charge < -0.3 is 5.11 Å². The first kappa shape index (κ1) is 13.4. The van der Waals surface area contributed by atoms with Crippen LogP contribution in [0.5, 0.6) is 0 Å². The highest BCUT2D eigenvalue weighted by Crippen LogP contribution is 2.24. The minimum atomic E-state index is -4.20. The topological polar surface area (TPSA) is 95.2 Å². The molecule has 0 radical (unpaired) electrons. The van der Waals surface area contributed by atoms with Crippen LogP contribution in [0.25, 0.3) is 0 Å². The van der Waals surface area contributed by atoms with Gasteiger partial charge in [-0.3, -0.25) is 0 Å². The van der Waals surface area contributed by atoms with Crippen LogP contribution in [0.4, 0.5) is 4.39 Å². The monoisotopic (exact) mass is 277 g/mol. The lowest BCUT2D eigenvalue weighted by Crippen LogP contribution is -2.11. The van der Waals surface area contributed by atoms with Crippen molar-refractivity contribution < 1.29 is 22.7 Å². The first-order chi connectivity index (χ1) is 7.79.